The van der Waals surface area contributed by atoms with Crippen LogP contribution in [-0.4, -0.2) is 38.3 Å². The van der Waals surface area contributed by atoms with Crippen LogP contribution in [-0.2, 0) is 0 Å². The van der Waals surface area contributed by atoms with Gasteiger partial charge in [-0.05, 0) is 30.0 Å². The average molecular weight is 264 g/mol. The maximum atomic E-state index is 12.1. The van der Waals surface area contributed by atoms with Crippen LogP contribution in [0.3, 0.4) is 0 Å². The van der Waals surface area contributed by atoms with E-state index in [9.17, 15) is 4.79 Å². The molecule has 0 radical (unpaired) electrons. The van der Waals surface area contributed by atoms with E-state index in [-0.39, 0.29) is 17.9 Å². The van der Waals surface area contributed by atoms with Gasteiger partial charge in [-0.1, -0.05) is 19.9 Å². The zero-order valence-corrected chi connectivity index (χ0v) is 12.2. The molecule has 0 unspecified atom stereocenters. The van der Waals surface area contributed by atoms with Crippen LogP contribution in [0.1, 0.15) is 30.6 Å². The molecule has 19 heavy (non-hydrogen) atoms. The number of benzene rings is 1. The number of nitrogens with one attached hydrogen (secondary N) is 1. The molecule has 1 amide bonds. The molecule has 0 aliphatic rings. The van der Waals surface area contributed by atoms with E-state index in [1.54, 1.807) is 6.07 Å². The molecule has 4 nitrogen and oxygen atoms in total. The van der Waals surface area contributed by atoms with Crippen LogP contribution in [0.25, 0.3) is 0 Å². The second kappa shape index (κ2) is 6.57. The first-order valence-corrected chi connectivity index (χ1v) is 6.52. The summed E-state index contributed by atoms with van der Waals surface area (Å²) >= 11 is 0. The monoisotopic (exact) mass is 264 g/mol. The Labute approximate surface area is 115 Å². The van der Waals surface area contributed by atoms with Crippen molar-refractivity contribution in [2.24, 2.45) is 5.41 Å². The number of amides is 1. The van der Waals surface area contributed by atoms with Crippen molar-refractivity contribution in [2.75, 3.05) is 32.1 Å². The summed E-state index contributed by atoms with van der Waals surface area (Å²) in [4.78, 5) is 14.0. The number of aliphatic hydroxyl groups excluding tert-OH is 1. The summed E-state index contributed by atoms with van der Waals surface area (Å²) in [5.41, 5.74) is 1.57. The zero-order chi connectivity index (χ0) is 14.5. The lowest BCUT2D eigenvalue weighted by atomic mass is 9.89. The van der Waals surface area contributed by atoms with Crippen molar-refractivity contribution in [1.29, 1.82) is 0 Å². The molecule has 0 aliphatic carbocycles. The number of carbonyl (C=O) groups excluding carboxylic acids is 1. The van der Waals surface area contributed by atoms with E-state index >= 15 is 0 Å². The smallest absolute Gasteiger partial charge is 0.251 e. The summed E-state index contributed by atoms with van der Waals surface area (Å²) in [6, 6.07) is 7.52. The Hall–Kier alpha value is -1.55. The van der Waals surface area contributed by atoms with E-state index < -0.39 is 0 Å². The molecule has 0 heterocycles. The highest BCUT2D eigenvalue weighted by atomic mass is 16.3. The van der Waals surface area contributed by atoms with Gasteiger partial charge in [0.05, 0.1) is 0 Å². The van der Waals surface area contributed by atoms with Gasteiger partial charge in [-0.3, -0.25) is 4.79 Å². The number of hydrogen-bond donors (Lipinski definition) is 2. The Morgan fingerprint density at radius 3 is 2.63 bits per heavy atom. The average Bonchev–Trinajstić information content (AvgIpc) is 2.36. The molecule has 0 aromatic heterocycles. The largest absolute Gasteiger partial charge is 0.396 e. The lowest BCUT2D eigenvalue weighted by molar-refractivity contribution is 0.0928. The SMILES string of the molecule is CN(C)c1cccc(C(=O)NCC(C)(C)CCO)c1. The van der Waals surface area contributed by atoms with Crippen molar-refractivity contribution in [3.05, 3.63) is 29.8 Å². The lowest BCUT2D eigenvalue weighted by Gasteiger charge is -2.24. The molecule has 0 saturated carbocycles. The van der Waals surface area contributed by atoms with Gasteiger partial charge in [-0.2, -0.15) is 0 Å². The Kier molecular flexibility index (Phi) is 5.36. The van der Waals surface area contributed by atoms with E-state index in [0.717, 1.165) is 5.69 Å². The normalized spacial score (nSPS) is 11.2. The number of carbonyl (C=O) groups is 1. The summed E-state index contributed by atoms with van der Waals surface area (Å²) in [7, 11) is 3.89. The van der Waals surface area contributed by atoms with Gasteiger partial charge in [0.1, 0.15) is 0 Å². The fraction of sp³-hybridized carbons (Fsp3) is 0.533. The molecular formula is C15H24N2O2. The van der Waals surface area contributed by atoms with Gasteiger partial charge in [-0.25, -0.2) is 0 Å². The first-order chi connectivity index (χ1) is 8.85. The Morgan fingerprint density at radius 1 is 1.37 bits per heavy atom. The van der Waals surface area contributed by atoms with Gasteiger partial charge in [0.2, 0.25) is 0 Å². The molecular weight excluding hydrogens is 240 g/mol. The van der Waals surface area contributed by atoms with Crippen LogP contribution < -0.4 is 10.2 Å². The Bertz CT molecular complexity index is 428. The molecule has 0 fully saturated rings. The maximum absolute atomic E-state index is 12.1. The fourth-order valence-corrected chi connectivity index (χ4v) is 1.74. The predicted molar refractivity (Wildman–Crippen MR) is 78.6 cm³/mol. The summed E-state index contributed by atoms with van der Waals surface area (Å²) in [5, 5.41) is 11.9. The third-order valence-corrected chi connectivity index (χ3v) is 3.14. The molecule has 106 valence electrons. The number of rotatable bonds is 6. The Morgan fingerprint density at radius 2 is 2.05 bits per heavy atom. The number of anilines is 1. The third kappa shape index (κ3) is 4.91. The molecule has 0 atom stereocenters. The van der Waals surface area contributed by atoms with Crippen LogP contribution >= 0.6 is 0 Å². The molecule has 4 heteroatoms. The highest BCUT2D eigenvalue weighted by Gasteiger charge is 2.18. The molecule has 1 rings (SSSR count). The van der Waals surface area contributed by atoms with E-state index in [1.807, 2.05) is 51.0 Å². The molecule has 0 spiro atoms. The van der Waals surface area contributed by atoms with Gasteiger partial charge in [0.15, 0.2) is 0 Å². The van der Waals surface area contributed by atoms with Crippen LogP contribution in [0.5, 0.6) is 0 Å². The highest BCUT2D eigenvalue weighted by molar-refractivity contribution is 5.95. The van der Waals surface area contributed by atoms with Crippen LogP contribution in [0.4, 0.5) is 5.69 Å². The first-order valence-electron chi connectivity index (χ1n) is 6.52. The lowest BCUT2D eigenvalue weighted by Crippen LogP contribution is -2.34. The molecule has 1 aromatic rings. The molecule has 0 aliphatic heterocycles. The fourth-order valence-electron chi connectivity index (χ4n) is 1.74. The first kappa shape index (κ1) is 15.5. The van der Waals surface area contributed by atoms with Gasteiger partial charge in [0.25, 0.3) is 5.91 Å². The maximum Gasteiger partial charge on any atom is 0.251 e. The summed E-state index contributed by atoms with van der Waals surface area (Å²) < 4.78 is 0. The van der Waals surface area contributed by atoms with Crippen molar-refractivity contribution < 1.29 is 9.90 Å². The summed E-state index contributed by atoms with van der Waals surface area (Å²) in [5.74, 6) is -0.0743. The van der Waals surface area contributed by atoms with Gasteiger partial charge in [0, 0.05) is 38.5 Å². The van der Waals surface area contributed by atoms with E-state index in [1.165, 1.54) is 0 Å². The number of nitrogens with zero attached hydrogens (tertiary/aromatic N) is 1. The van der Waals surface area contributed by atoms with Crippen LogP contribution in [0.15, 0.2) is 24.3 Å². The minimum Gasteiger partial charge on any atom is -0.396 e. The minimum atomic E-state index is -0.0937. The van der Waals surface area contributed by atoms with Crippen molar-refractivity contribution in [1.82, 2.24) is 5.32 Å². The standard InChI is InChI=1S/C15H24N2O2/c1-15(2,8-9-18)11-16-14(19)12-6-5-7-13(10-12)17(3)4/h5-7,10,18H,8-9,11H2,1-4H3,(H,16,19). The van der Waals surface area contributed by atoms with Crippen LogP contribution in [0.2, 0.25) is 0 Å². The van der Waals surface area contributed by atoms with Crippen LogP contribution in [0, 0.1) is 5.41 Å². The van der Waals surface area contributed by atoms with E-state index in [0.29, 0.717) is 18.5 Å². The third-order valence-electron chi connectivity index (χ3n) is 3.14. The second-order valence-corrected chi connectivity index (χ2v) is 5.77. The molecule has 0 saturated heterocycles. The minimum absolute atomic E-state index is 0.0743. The van der Waals surface area contributed by atoms with Crippen molar-refractivity contribution in [3.8, 4) is 0 Å². The zero-order valence-electron chi connectivity index (χ0n) is 12.2. The predicted octanol–water partition coefficient (Wildman–Crippen LogP) is 1.89. The Balaban J connectivity index is 2.66. The quantitative estimate of drug-likeness (QED) is 0.825. The van der Waals surface area contributed by atoms with Gasteiger partial charge in [-0.15, -0.1) is 0 Å². The topological polar surface area (TPSA) is 52.6 Å². The van der Waals surface area contributed by atoms with E-state index in [4.69, 9.17) is 5.11 Å². The molecule has 1 aromatic carbocycles. The van der Waals surface area contributed by atoms with Crippen molar-refractivity contribution >= 4 is 11.6 Å². The summed E-state index contributed by atoms with van der Waals surface area (Å²) in [6.45, 7) is 4.75. The number of aliphatic hydroxyl groups is 1. The van der Waals surface area contributed by atoms with E-state index in [2.05, 4.69) is 5.32 Å². The second-order valence-electron chi connectivity index (χ2n) is 5.77. The van der Waals surface area contributed by atoms with Crippen molar-refractivity contribution in [2.45, 2.75) is 20.3 Å². The molecule has 0 bridgehead atoms. The van der Waals surface area contributed by atoms with Gasteiger partial charge < -0.3 is 15.3 Å². The number of hydrogen-bond acceptors (Lipinski definition) is 3. The van der Waals surface area contributed by atoms with Gasteiger partial charge >= 0.3 is 0 Å². The highest BCUT2D eigenvalue weighted by Crippen LogP contribution is 2.18. The molecule has 2 N–H and O–H groups in total. The summed E-state index contributed by atoms with van der Waals surface area (Å²) in [6.07, 6.45) is 0.672. The van der Waals surface area contributed by atoms with Crippen molar-refractivity contribution in [3.63, 3.8) is 0 Å².